The van der Waals surface area contributed by atoms with Gasteiger partial charge in [-0.25, -0.2) is 8.42 Å². The van der Waals surface area contributed by atoms with Crippen molar-refractivity contribution in [1.82, 2.24) is 9.21 Å². The largest absolute Gasteiger partial charge is 0.384 e. The SMILES string of the molecule is COCCS(=O)(=O)N1CCN(CCN)CC1. The number of hydrogen-bond acceptors (Lipinski definition) is 5. The number of rotatable bonds is 6. The molecule has 1 aliphatic heterocycles. The normalized spacial score (nSPS) is 20.1. The second-order valence-electron chi connectivity index (χ2n) is 3.84. The van der Waals surface area contributed by atoms with Gasteiger partial charge in [0.15, 0.2) is 0 Å². The standard InChI is InChI=1S/C9H21N3O3S/c1-15-8-9-16(13,14)12-6-4-11(3-2-10)5-7-12/h2-10H2,1H3. The maximum absolute atomic E-state index is 11.8. The Kier molecular flexibility index (Phi) is 5.63. The van der Waals surface area contributed by atoms with E-state index in [1.165, 1.54) is 7.11 Å². The van der Waals surface area contributed by atoms with Gasteiger partial charge in [-0.3, -0.25) is 4.90 Å². The van der Waals surface area contributed by atoms with Crippen LogP contribution in [-0.2, 0) is 14.8 Å². The van der Waals surface area contributed by atoms with E-state index in [9.17, 15) is 8.42 Å². The van der Waals surface area contributed by atoms with Crippen LogP contribution in [0.3, 0.4) is 0 Å². The summed E-state index contributed by atoms with van der Waals surface area (Å²) in [4.78, 5) is 2.18. The second kappa shape index (κ2) is 6.51. The lowest BCUT2D eigenvalue weighted by molar-refractivity contribution is 0.188. The molecule has 2 N–H and O–H groups in total. The maximum atomic E-state index is 11.8. The molecule has 6 nitrogen and oxygen atoms in total. The van der Waals surface area contributed by atoms with Crippen molar-refractivity contribution in [1.29, 1.82) is 0 Å². The molecule has 1 saturated heterocycles. The molecule has 1 aliphatic rings. The second-order valence-corrected chi connectivity index (χ2v) is 5.93. The summed E-state index contributed by atoms with van der Waals surface area (Å²) in [5, 5.41) is 0. The van der Waals surface area contributed by atoms with E-state index >= 15 is 0 Å². The fourth-order valence-corrected chi connectivity index (χ4v) is 3.09. The fraction of sp³-hybridized carbons (Fsp3) is 1.00. The van der Waals surface area contributed by atoms with Crippen LogP contribution in [0.4, 0.5) is 0 Å². The predicted octanol–water partition coefficient (Wildman–Crippen LogP) is -1.46. The first-order valence-corrected chi connectivity index (χ1v) is 7.10. The summed E-state index contributed by atoms with van der Waals surface area (Å²) in [6, 6.07) is 0. The molecule has 16 heavy (non-hydrogen) atoms. The predicted molar refractivity (Wildman–Crippen MR) is 62.7 cm³/mol. The van der Waals surface area contributed by atoms with Crippen LogP contribution in [0.15, 0.2) is 0 Å². The number of nitrogens with zero attached hydrogens (tertiary/aromatic N) is 2. The van der Waals surface area contributed by atoms with Gasteiger partial charge in [-0.2, -0.15) is 4.31 Å². The summed E-state index contributed by atoms with van der Waals surface area (Å²) in [7, 11) is -1.62. The van der Waals surface area contributed by atoms with Crippen LogP contribution in [0.25, 0.3) is 0 Å². The van der Waals surface area contributed by atoms with Gasteiger partial charge < -0.3 is 10.5 Å². The Balaban J connectivity index is 2.40. The van der Waals surface area contributed by atoms with E-state index < -0.39 is 10.0 Å². The molecule has 0 aromatic rings. The smallest absolute Gasteiger partial charge is 0.216 e. The average Bonchev–Trinajstić information content (AvgIpc) is 2.28. The van der Waals surface area contributed by atoms with Crippen molar-refractivity contribution in [2.24, 2.45) is 5.73 Å². The van der Waals surface area contributed by atoms with E-state index in [0.717, 1.165) is 19.6 Å². The van der Waals surface area contributed by atoms with Gasteiger partial charge in [0, 0.05) is 46.4 Å². The molecule has 1 heterocycles. The van der Waals surface area contributed by atoms with Crippen LogP contribution in [0, 0.1) is 0 Å². The van der Waals surface area contributed by atoms with Gasteiger partial charge in [-0.15, -0.1) is 0 Å². The van der Waals surface area contributed by atoms with Gasteiger partial charge in [0.25, 0.3) is 0 Å². The van der Waals surface area contributed by atoms with Crippen LogP contribution in [0.5, 0.6) is 0 Å². The minimum atomic E-state index is -3.13. The molecule has 0 aromatic carbocycles. The van der Waals surface area contributed by atoms with Crippen molar-refractivity contribution >= 4 is 10.0 Å². The molecule has 0 amide bonds. The van der Waals surface area contributed by atoms with E-state index in [-0.39, 0.29) is 12.4 Å². The molecule has 0 unspecified atom stereocenters. The molecule has 0 spiro atoms. The van der Waals surface area contributed by atoms with Gasteiger partial charge >= 0.3 is 0 Å². The fourth-order valence-electron chi connectivity index (χ4n) is 1.73. The zero-order chi connectivity index (χ0) is 12.0. The number of piperazine rings is 1. The first-order valence-electron chi connectivity index (χ1n) is 5.49. The first kappa shape index (κ1) is 13.9. The van der Waals surface area contributed by atoms with E-state index in [2.05, 4.69) is 4.90 Å². The molecule has 1 fully saturated rings. The summed E-state index contributed by atoms with van der Waals surface area (Å²) >= 11 is 0. The monoisotopic (exact) mass is 251 g/mol. The van der Waals surface area contributed by atoms with Gasteiger partial charge in [0.2, 0.25) is 10.0 Å². The van der Waals surface area contributed by atoms with Gasteiger partial charge in [-0.05, 0) is 0 Å². The molecule has 0 atom stereocenters. The van der Waals surface area contributed by atoms with E-state index in [4.69, 9.17) is 10.5 Å². The third-order valence-corrected chi connectivity index (χ3v) is 4.55. The van der Waals surface area contributed by atoms with Crippen LogP contribution in [-0.4, -0.2) is 76.4 Å². The molecular weight excluding hydrogens is 230 g/mol. The quantitative estimate of drug-likeness (QED) is 0.624. The lowest BCUT2D eigenvalue weighted by Crippen LogP contribution is -2.50. The summed E-state index contributed by atoms with van der Waals surface area (Å²) in [5.74, 6) is 0.0698. The van der Waals surface area contributed by atoms with E-state index in [1.54, 1.807) is 4.31 Å². The van der Waals surface area contributed by atoms with Crippen molar-refractivity contribution < 1.29 is 13.2 Å². The Hall–Kier alpha value is -0.210. The molecule has 0 saturated carbocycles. The number of ether oxygens (including phenoxy) is 1. The van der Waals surface area contributed by atoms with Gasteiger partial charge in [-0.1, -0.05) is 0 Å². The highest BCUT2D eigenvalue weighted by Crippen LogP contribution is 2.07. The Morgan fingerprint density at radius 3 is 2.38 bits per heavy atom. The zero-order valence-corrected chi connectivity index (χ0v) is 10.6. The van der Waals surface area contributed by atoms with Crippen molar-refractivity contribution in [3.05, 3.63) is 0 Å². The number of nitrogens with two attached hydrogens (primary N) is 1. The Morgan fingerprint density at radius 1 is 1.25 bits per heavy atom. The van der Waals surface area contributed by atoms with Crippen molar-refractivity contribution in [2.75, 3.05) is 58.7 Å². The summed E-state index contributed by atoms with van der Waals surface area (Å²) in [5.41, 5.74) is 5.46. The highest BCUT2D eigenvalue weighted by molar-refractivity contribution is 7.89. The minimum absolute atomic E-state index is 0.0698. The Morgan fingerprint density at radius 2 is 1.88 bits per heavy atom. The number of methoxy groups -OCH3 is 1. The highest BCUT2D eigenvalue weighted by atomic mass is 32.2. The molecule has 96 valence electrons. The van der Waals surface area contributed by atoms with Crippen LogP contribution in [0.2, 0.25) is 0 Å². The number of sulfonamides is 1. The molecule has 0 radical (unpaired) electrons. The van der Waals surface area contributed by atoms with E-state index in [1.807, 2.05) is 0 Å². The molecule has 0 bridgehead atoms. The lowest BCUT2D eigenvalue weighted by atomic mass is 10.3. The molecule has 1 rings (SSSR count). The molecule has 0 aliphatic carbocycles. The van der Waals surface area contributed by atoms with Crippen LogP contribution >= 0.6 is 0 Å². The van der Waals surface area contributed by atoms with Gasteiger partial charge in [0.05, 0.1) is 12.4 Å². The lowest BCUT2D eigenvalue weighted by Gasteiger charge is -2.33. The summed E-state index contributed by atoms with van der Waals surface area (Å²) < 4.78 is 30.0. The highest BCUT2D eigenvalue weighted by Gasteiger charge is 2.25. The Labute approximate surface area is 97.4 Å². The third-order valence-electron chi connectivity index (χ3n) is 2.72. The summed E-state index contributed by atoms with van der Waals surface area (Å²) in [6.07, 6.45) is 0. The average molecular weight is 251 g/mol. The van der Waals surface area contributed by atoms with E-state index in [0.29, 0.717) is 19.6 Å². The minimum Gasteiger partial charge on any atom is -0.384 e. The summed E-state index contributed by atoms with van der Waals surface area (Å²) in [6.45, 7) is 4.37. The number of hydrogen-bond donors (Lipinski definition) is 1. The molecule has 7 heteroatoms. The maximum Gasteiger partial charge on any atom is 0.216 e. The first-order chi connectivity index (χ1) is 7.60. The molecular formula is C9H21N3O3S. The third kappa shape index (κ3) is 3.99. The zero-order valence-electron chi connectivity index (χ0n) is 9.76. The van der Waals surface area contributed by atoms with Crippen LogP contribution in [0.1, 0.15) is 0 Å². The topological polar surface area (TPSA) is 75.9 Å². The Bertz CT molecular complexity index is 286. The van der Waals surface area contributed by atoms with Crippen molar-refractivity contribution in [3.8, 4) is 0 Å². The van der Waals surface area contributed by atoms with Gasteiger partial charge in [0.1, 0.15) is 0 Å². The van der Waals surface area contributed by atoms with Crippen LogP contribution < -0.4 is 5.73 Å². The molecule has 0 aromatic heterocycles. The van der Waals surface area contributed by atoms with Crippen molar-refractivity contribution in [2.45, 2.75) is 0 Å². The van der Waals surface area contributed by atoms with Crippen molar-refractivity contribution in [3.63, 3.8) is 0 Å².